The summed E-state index contributed by atoms with van der Waals surface area (Å²) in [5, 5.41) is 10.9. The highest BCUT2D eigenvalue weighted by Crippen LogP contribution is 2.55. The van der Waals surface area contributed by atoms with Gasteiger partial charge in [0.15, 0.2) is 0 Å². The van der Waals surface area contributed by atoms with Gasteiger partial charge in [-0.1, -0.05) is 43.7 Å². The molecule has 28 heavy (non-hydrogen) atoms. The SMILES string of the molecule is COC(=O)[C@@]1(O)OC[C@]2(C)CCC(=O)[C@H](CCCCOCc3ccccc3)[C@@H]21. The van der Waals surface area contributed by atoms with Crippen molar-refractivity contribution in [3.63, 3.8) is 0 Å². The Kier molecular flexibility index (Phi) is 6.53. The van der Waals surface area contributed by atoms with Gasteiger partial charge in [-0.3, -0.25) is 4.79 Å². The van der Waals surface area contributed by atoms with Crippen LogP contribution in [0, 0.1) is 17.3 Å². The number of hydrogen-bond donors (Lipinski definition) is 1. The molecule has 0 spiro atoms. The van der Waals surface area contributed by atoms with Crippen LogP contribution in [0.25, 0.3) is 0 Å². The molecule has 1 saturated carbocycles. The second kappa shape index (κ2) is 8.72. The maximum Gasteiger partial charge on any atom is 0.366 e. The van der Waals surface area contributed by atoms with E-state index in [1.807, 2.05) is 37.3 Å². The standard InChI is InChI=1S/C22H30O6/c1-21-12-11-18(23)17(19(21)22(25,28-15-21)20(24)26-2)10-6-7-13-27-14-16-8-4-3-5-9-16/h3-5,8-9,17,19,25H,6-7,10-15H2,1-2H3/t17-,19-,21-,22-/m0/s1. The molecule has 2 aliphatic rings. The highest BCUT2D eigenvalue weighted by Gasteiger charge is 2.65. The van der Waals surface area contributed by atoms with E-state index in [1.54, 1.807) is 0 Å². The van der Waals surface area contributed by atoms with Crippen molar-refractivity contribution in [3.8, 4) is 0 Å². The van der Waals surface area contributed by atoms with Crippen molar-refractivity contribution >= 4 is 11.8 Å². The van der Waals surface area contributed by atoms with Crippen LogP contribution in [0.4, 0.5) is 0 Å². The van der Waals surface area contributed by atoms with Crippen molar-refractivity contribution in [2.75, 3.05) is 20.3 Å². The number of esters is 1. The Morgan fingerprint density at radius 1 is 1.29 bits per heavy atom. The van der Waals surface area contributed by atoms with Gasteiger partial charge in [-0.15, -0.1) is 0 Å². The highest BCUT2D eigenvalue weighted by molar-refractivity contribution is 5.85. The molecule has 154 valence electrons. The van der Waals surface area contributed by atoms with Crippen LogP contribution >= 0.6 is 0 Å². The van der Waals surface area contributed by atoms with Gasteiger partial charge in [0, 0.05) is 30.3 Å². The number of methoxy groups -OCH3 is 1. The van der Waals surface area contributed by atoms with Crippen LogP contribution in [0.3, 0.4) is 0 Å². The molecule has 1 aromatic rings. The zero-order valence-corrected chi connectivity index (χ0v) is 16.7. The number of carbonyl (C=O) groups is 2. The maximum absolute atomic E-state index is 12.6. The van der Waals surface area contributed by atoms with Crippen LogP contribution in [0.1, 0.15) is 44.6 Å². The lowest BCUT2D eigenvalue weighted by molar-refractivity contribution is -0.228. The number of Topliss-reactive ketones (excluding diaryl/α,β-unsaturated/α-hetero) is 1. The minimum atomic E-state index is -2.03. The average Bonchev–Trinajstić information content (AvgIpc) is 2.99. The number of carbonyl (C=O) groups excluding carboxylic acids is 2. The van der Waals surface area contributed by atoms with E-state index in [9.17, 15) is 14.7 Å². The van der Waals surface area contributed by atoms with Gasteiger partial charge in [0.05, 0.1) is 20.3 Å². The first-order valence-corrected chi connectivity index (χ1v) is 10.00. The molecule has 1 N–H and O–H groups in total. The number of unbranched alkanes of at least 4 members (excludes halogenated alkanes) is 1. The van der Waals surface area contributed by atoms with E-state index in [0.717, 1.165) is 18.4 Å². The van der Waals surface area contributed by atoms with Gasteiger partial charge in [-0.05, 0) is 24.8 Å². The third kappa shape index (κ3) is 4.14. The molecule has 4 atom stereocenters. The fraction of sp³-hybridized carbons (Fsp3) is 0.636. The topological polar surface area (TPSA) is 82.1 Å². The zero-order valence-electron chi connectivity index (χ0n) is 16.7. The molecule has 0 aromatic heterocycles. The molecule has 0 bridgehead atoms. The molecular formula is C22H30O6. The van der Waals surface area contributed by atoms with Crippen molar-refractivity contribution in [2.45, 2.75) is 51.4 Å². The largest absolute Gasteiger partial charge is 0.465 e. The molecule has 6 heteroatoms. The first-order valence-electron chi connectivity index (χ1n) is 10.00. The van der Waals surface area contributed by atoms with Crippen LogP contribution in [-0.2, 0) is 30.4 Å². The number of aliphatic hydroxyl groups is 1. The number of ether oxygens (including phenoxy) is 3. The van der Waals surface area contributed by atoms with Crippen molar-refractivity contribution in [1.82, 2.24) is 0 Å². The minimum Gasteiger partial charge on any atom is -0.465 e. The Morgan fingerprint density at radius 3 is 2.75 bits per heavy atom. The molecule has 0 radical (unpaired) electrons. The molecule has 1 aliphatic carbocycles. The second-order valence-electron chi connectivity index (χ2n) is 8.22. The smallest absolute Gasteiger partial charge is 0.366 e. The van der Waals surface area contributed by atoms with Crippen molar-refractivity contribution in [2.24, 2.45) is 17.3 Å². The molecular weight excluding hydrogens is 360 g/mol. The van der Waals surface area contributed by atoms with Crippen molar-refractivity contribution in [3.05, 3.63) is 35.9 Å². The summed E-state index contributed by atoms with van der Waals surface area (Å²) in [6.07, 6.45) is 3.29. The van der Waals surface area contributed by atoms with Gasteiger partial charge in [0.2, 0.25) is 0 Å². The lowest BCUT2D eigenvalue weighted by Crippen LogP contribution is -2.54. The van der Waals surface area contributed by atoms with Gasteiger partial charge in [0.25, 0.3) is 5.79 Å². The van der Waals surface area contributed by atoms with E-state index in [1.165, 1.54) is 7.11 Å². The van der Waals surface area contributed by atoms with Gasteiger partial charge >= 0.3 is 5.97 Å². The first kappa shape index (κ1) is 21.0. The van der Waals surface area contributed by atoms with E-state index in [0.29, 0.717) is 32.5 Å². The number of hydrogen-bond acceptors (Lipinski definition) is 6. The zero-order chi connectivity index (χ0) is 20.2. The van der Waals surface area contributed by atoms with E-state index in [-0.39, 0.29) is 12.4 Å². The summed E-state index contributed by atoms with van der Waals surface area (Å²) in [6, 6.07) is 9.98. The summed E-state index contributed by atoms with van der Waals surface area (Å²) in [6.45, 7) is 3.42. The Balaban J connectivity index is 1.55. The molecule has 1 aromatic carbocycles. The van der Waals surface area contributed by atoms with E-state index >= 15 is 0 Å². The predicted octanol–water partition coefficient (Wildman–Crippen LogP) is 2.87. The van der Waals surface area contributed by atoms with E-state index < -0.39 is 29.0 Å². The third-order valence-electron chi connectivity index (χ3n) is 6.20. The molecule has 1 heterocycles. The van der Waals surface area contributed by atoms with Crippen LogP contribution in [0.2, 0.25) is 0 Å². The summed E-state index contributed by atoms with van der Waals surface area (Å²) in [4.78, 5) is 24.8. The third-order valence-corrected chi connectivity index (χ3v) is 6.20. The number of benzene rings is 1. The Hall–Kier alpha value is -1.76. The summed E-state index contributed by atoms with van der Waals surface area (Å²) >= 11 is 0. The second-order valence-corrected chi connectivity index (χ2v) is 8.22. The Labute approximate surface area is 166 Å². The summed E-state index contributed by atoms with van der Waals surface area (Å²) in [5.74, 6) is -3.72. The van der Waals surface area contributed by atoms with Crippen LogP contribution < -0.4 is 0 Å². The van der Waals surface area contributed by atoms with Crippen LogP contribution in [0.15, 0.2) is 30.3 Å². The Morgan fingerprint density at radius 2 is 2.04 bits per heavy atom. The quantitative estimate of drug-likeness (QED) is 0.543. The van der Waals surface area contributed by atoms with E-state index in [4.69, 9.17) is 14.2 Å². The van der Waals surface area contributed by atoms with Crippen LogP contribution in [0.5, 0.6) is 0 Å². The summed E-state index contributed by atoms with van der Waals surface area (Å²) < 4.78 is 16.0. The van der Waals surface area contributed by atoms with Gasteiger partial charge in [-0.2, -0.15) is 0 Å². The molecule has 1 saturated heterocycles. The van der Waals surface area contributed by atoms with Crippen LogP contribution in [-0.4, -0.2) is 43.0 Å². The van der Waals surface area contributed by atoms with E-state index in [2.05, 4.69) is 0 Å². The molecule has 0 amide bonds. The number of rotatable bonds is 8. The van der Waals surface area contributed by atoms with Gasteiger partial charge in [0.1, 0.15) is 5.78 Å². The molecule has 6 nitrogen and oxygen atoms in total. The first-order chi connectivity index (χ1) is 13.4. The van der Waals surface area contributed by atoms with Gasteiger partial charge in [-0.25, -0.2) is 4.79 Å². The minimum absolute atomic E-state index is 0.0977. The molecule has 0 unspecified atom stereocenters. The predicted molar refractivity (Wildman–Crippen MR) is 102 cm³/mol. The fourth-order valence-electron chi connectivity index (χ4n) is 4.69. The van der Waals surface area contributed by atoms with Crippen molar-refractivity contribution < 1.29 is 28.9 Å². The number of ketones is 1. The summed E-state index contributed by atoms with van der Waals surface area (Å²) in [7, 11) is 1.23. The summed E-state index contributed by atoms with van der Waals surface area (Å²) in [5.41, 5.74) is 0.734. The van der Waals surface area contributed by atoms with Crippen molar-refractivity contribution in [1.29, 1.82) is 0 Å². The molecule has 3 rings (SSSR count). The number of fused-ring (bicyclic) bond motifs is 1. The highest BCUT2D eigenvalue weighted by atomic mass is 16.7. The normalized spacial score (nSPS) is 32.2. The molecule has 2 fully saturated rings. The van der Waals surface area contributed by atoms with Gasteiger partial charge < -0.3 is 19.3 Å². The fourth-order valence-corrected chi connectivity index (χ4v) is 4.69. The maximum atomic E-state index is 12.6. The Bertz CT molecular complexity index is 690. The average molecular weight is 390 g/mol. The lowest BCUT2D eigenvalue weighted by atomic mass is 9.60. The molecule has 1 aliphatic heterocycles. The monoisotopic (exact) mass is 390 g/mol. The lowest BCUT2D eigenvalue weighted by Gasteiger charge is -2.42.